The maximum absolute atomic E-state index is 12.1. The molecular weight excluding hydrogens is 272 g/mol. The summed E-state index contributed by atoms with van der Waals surface area (Å²) in [5, 5.41) is 12.0. The molecule has 0 heterocycles. The van der Waals surface area contributed by atoms with Gasteiger partial charge in [0.15, 0.2) is 0 Å². The van der Waals surface area contributed by atoms with Gasteiger partial charge in [0.1, 0.15) is 6.04 Å². The largest absolute Gasteiger partial charge is 0.480 e. The first-order valence-electron chi connectivity index (χ1n) is 7.78. The van der Waals surface area contributed by atoms with Gasteiger partial charge in [0.05, 0.1) is 12.7 Å². The molecule has 0 saturated heterocycles. The summed E-state index contributed by atoms with van der Waals surface area (Å²) < 4.78 is 5.39. The van der Waals surface area contributed by atoms with Crippen LogP contribution in [-0.4, -0.2) is 54.4 Å². The SMILES string of the molecule is CC(C)OCCN(C)C(=O)NC(C(=O)O)C1CCCCC1. The van der Waals surface area contributed by atoms with Crippen LogP contribution in [0.25, 0.3) is 0 Å². The number of carbonyl (C=O) groups excluding carboxylic acids is 1. The van der Waals surface area contributed by atoms with Crippen LogP contribution in [0.3, 0.4) is 0 Å². The van der Waals surface area contributed by atoms with Crippen molar-refractivity contribution in [3.8, 4) is 0 Å². The van der Waals surface area contributed by atoms with Gasteiger partial charge in [-0.15, -0.1) is 0 Å². The molecule has 1 unspecified atom stereocenters. The number of carbonyl (C=O) groups is 2. The van der Waals surface area contributed by atoms with Gasteiger partial charge in [-0.2, -0.15) is 0 Å². The van der Waals surface area contributed by atoms with E-state index >= 15 is 0 Å². The van der Waals surface area contributed by atoms with Gasteiger partial charge < -0.3 is 20.1 Å². The fourth-order valence-corrected chi connectivity index (χ4v) is 2.62. The van der Waals surface area contributed by atoms with Crippen LogP contribution >= 0.6 is 0 Å². The molecule has 6 heteroatoms. The first kappa shape index (κ1) is 17.8. The van der Waals surface area contributed by atoms with E-state index in [0.29, 0.717) is 13.2 Å². The van der Waals surface area contributed by atoms with Gasteiger partial charge in [0.2, 0.25) is 0 Å². The van der Waals surface area contributed by atoms with E-state index in [-0.39, 0.29) is 18.1 Å². The van der Waals surface area contributed by atoms with Crippen molar-refractivity contribution >= 4 is 12.0 Å². The minimum Gasteiger partial charge on any atom is -0.480 e. The van der Waals surface area contributed by atoms with E-state index in [1.165, 1.54) is 4.90 Å². The monoisotopic (exact) mass is 300 g/mol. The number of nitrogens with zero attached hydrogens (tertiary/aromatic N) is 1. The Morgan fingerprint density at radius 1 is 1.29 bits per heavy atom. The Morgan fingerprint density at radius 3 is 2.43 bits per heavy atom. The molecule has 0 aromatic carbocycles. The van der Waals surface area contributed by atoms with Gasteiger partial charge in [-0.3, -0.25) is 0 Å². The van der Waals surface area contributed by atoms with Crippen molar-refractivity contribution in [2.45, 2.75) is 58.1 Å². The van der Waals surface area contributed by atoms with Gasteiger partial charge in [-0.25, -0.2) is 9.59 Å². The average molecular weight is 300 g/mol. The molecule has 2 N–H and O–H groups in total. The third kappa shape index (κ3) is 6.33. The molecule has 0 spiro atoms. The molecule has 0 aromatic rings. The summed E-state index contributed by atoms with van der Waals surface area (Å²) in [6.07, 6.45) is 5.11. The summed E-state index contributed by atoms with van der Waals surface area (Å²) in [5.41, 5.74) is 0. The predicted molar refractivity (Wildman–Crippen MR) is 80.2 cm³/mol. The summed E-state index contributed by atoms with van der Waals surface area (Å²) >= 11 is 0. The lowest BCUT2D eigenvalue weighted by Gasteiger charge is -2.29. The van der Waals surface area contributed by atoms with Gasteiger partial charge in [0, 0.05) is 13.6 Å². The Hall–Kier alpha value is -1.30. The van der Waals surface area contributed by atoms with E-state index in [0.717, 1.165) is 32.1 Å². The molecule has 2 amide bonds. The highest BCUT2D eigenvalue weighted by Gasteiger charge is 2.31. The Labute approximate surface area is 126 Å². The van der Waals surface area contributed by atoms with E-state index in [9.17, 15) is 14.7 Å². The summed E-state index contributed by atoms with van der Waals surface area (Å²) in [5.74, 6) is -0.900. The van der Waals surface area contributed by atoms with Crippen molar-refractivity contribution in [1.29, 1.82) is 0 Å². The van der Waals surface area contributed by atoms with Crippen LogP contribution in [0.4, 0.5) is 4.79 Å². The lowest BCUT2D eigenvalue weighted by atomic mass is 9.84. The number of ether oxygens (including phenoxy) is 1. The second kappa shape index (κ2) is 8.87. The van der Waals surface area contributed by atoms with E-state index in [2.05, 4.69) is 5.32 Å². The van der Waals surface area contributed by atoms with Crippen LogP contribution in [0.5, 0.6) is 0 Å². The molecule has 122 valence electrons. The molecule has 1 rings (SSSR count). The molecule has 1 atom stereocenters. The van der Waals surface area contributed by atoms with Crippen LogP contribution < -0.4 is 5.32 Å². The number of hydrogen-bond acceptors (Lipinski definition) is 3. The van der Waals surface area contributed by atoms with E-state index in [1.54, 1.807) is 7.05 Å². The average Bonchev–Trinajstić information content (AvgIpc) is 2.44. The summed E-state index contributed by atoms with van der Waals surface area (Å²) in [6.45, 7) is 4.76. The van der Waals surface area contributed by atoms with Gasteiger partial charge in [-0.05, 0) is 32.6 Å². The zero-order valence-electron chi connectivity index (χ0n) is 13.3. The third-order valence-electron chi connectivity index (χ3n) is 3.89. The number of likely N-dealkylation sites (N-methyl/N-ethyl adjacent to an activating group) is 1. The highest BCUT2D eigenvalue weighted by molar-refractivity contribution is 5.82. The zero-order chi connectivity index (χ0) is 15.8. The third-order valence-corrected chi connectivity index (χ3v) is 3.89. The van der Waals surface area contributed by atoms with E-state index in [4.69, 9.17) is 4.74 Å². The summed E-state index contributed by atoms with van der Waals surface area (Å²) in [6, 6.07) is -1.13. The molecule has 0 aliphatic heterocycles. The Bertz CT molecular complexity index is 341. The molecule has 1 fully saturated rings. The van der Waals surface area contributed by atoms with Crippen molar-refractivity contribution in [3.63, 3.8) is 0 Å². The van der Waals surface area contributed by atoms with Crippen LogP contribution in [0.1, 0.15) is 46.0 Å². The second-order valence-electron chi connectivity index (χ2n) is 6.00. The number of amides is 2. The molecule has 0 aromatic heterocycles. The number of aliphatic carboxylic acids is 1. The highest BCUT2D eigenvalue weighted by Crippen LogP contribution is 2.26. The first-order chi connectivity index (χ1) is 9.91. The minimum atomic E-state index is -0.943. The lowest BCUT2D eigenvalue weighted by Crippen LogP contribution is -2.51. The van der Waals surface area contributed by atoms with E-state index in [1.807, 2.05) is 13.8 Å². The molecule has 1 aliphatic carbocycles. The van der Waals surface area contributed by atoms with Crippen LogP contribution in [0.2, 0.25) is 0 Å². The number of carboxylic acids is 1. The molecule has 1 saturated carbocycles. The van der Waals surface area contributed by atoms with Gasteiger partial charge >= 0.3 is 12.0 Å². The van der Waals surface area contributed by atoms with Crippen LogP contribution in [0.15, 0.2) is 0 Å². The number of urea groups is 1. The van der Waals surface area contributed by atoms with Crippen molar-refractivity contribution in [3.05, 3.63) is 0 Å². The van der Waals surface area contributed by atoms with E-state index < -0.39 is 12.0 Å². The van der Waals surface area contributed by atoms with Crippen molar-refractivity contribution in [2.75, 3.05) is 20.2 Å². The second-order valence-corrected chi connectivity index (χ2v) is 6.00. The maximum atomic E-state index is 12.1. The van der Waals surface area contributed by atoms with Crippen LogP contribution in [-0.2, 0) is 9.53 Å². The number of nitrogens with one attached hydrogen (secondary N) is 1. The Balaban J connectivity index is 2.45. The molecular formula is C15H28N2O4. The maximum Gasteiger partial charge on any atom is 0.326 e. The molecule has 6 nitrogen and oxygen atoms in total. The lowest BCUT2D eigenvalue weighted by molar-refractivity contribution is -0.141. The number of rotatable bonds is 7. The van der Waals surface area contributed by atoms with Crippen molar-refractivity contribution in [1.82, 2.24) is 10.2 Å². The predicted octanol–water partition coefficient (Wildman–Crippen LogP) is 2.09. The fourth-order valence-electron chi connectivity index (χ4n) is 2.62. The van der Waals surface area contributed by atoms with Crippen molar-refractivity contribution in [2.24, 2.45) is 5.92 Å². The molecule has 0 radical (unpaired) electrons. The molecule has 0 bridgehead atoms. The summed E-state index contributed by atoms with van der Waals surface area (Å²) in [7, 11) is 1.65. The number of hydrogen-bond donors (Lipinski definition) is 2. The Morgan fingerprint density at radius 2 is 1.90 bits per heavy atom. The molecule has 21 heavy (non-hydrogen) atoms. The standard InChI is InChI=1S/C15H28N2O4/c1-11(2)21-10-9-17(3)15(20)16-13(14(18)19)12-7-5-4-6-8-12/h11-13H,4-10H2,1-3H3,(H,16,20)(H,18,19). The fraction of sp³-hybridized carbons (Fsp3) is 0.867. The topological polar surface area (TPSA) is 78.9 Å². The first-order valence-corrected chi connectivity index (χ1v) is 7.78. The van der Waals surface area contributed by atoms with Crippen molar-refractivity contribution < 1.29 is 19.4 Å². The zero-order valence-corrected chi connectivity index (χ0v) is 13.3. The highest BCUT2D eigenvalue weighted by atomic mass is 16.5. The normalized spacial score (nSPS) is 17.5. The van der Waals surface area contributed by atoms with Gasteiger partial charge in [0.25, 0.3) is 0 Å². The number of carboxylic acid groups (broad SMARTS) is 1. The molecule has 1 aliphatic rings. The quantitative estimate of drug-likeness (QED) is 0.754. The smallest absolute Gasteiger partial charge is 0.326 e. The minimum absolute atomic E-state index is 0.0421. The Kier molecular flexibility index (Phi) is 7.50. The van der Waals surface area contributed by atoms with Gasteiger partial charge in [-0.1, -0.05) is 19.3 Å². The van der Waals surface area contributed by atoms with Crippen LogP contribution in [0, 0.1) is 5.92 Å². The summed E-state index contributed by atoms with van der Waals surface area (Å²) in [4.78, 5) is 24.9.